The van der Waals surface area contributed by atoms with Crippen molar-refractivity contribution in [2.75, 3.05) is 45.3 Å². The summed E-state index contributed by atoms with van der Waals surface area (Å²) in [5.41, 5.74) is 0.625. The number of nitrogens with one attached hydrogen (secondary N) is 1. The number of halogens is 1. The lowest BCUT2D eigenvalue weighted by Gasteiger charge is -2.26. The molecule has 0 radical (unpaired) electrons. The van der Waals surface area contributed by atoms with Gasteiger partial charge in [0.15, 0.2) is 6.61 Å². The molecule has 0 saturated carbocycles. The molecule has 2 aromatic rings. The molecule has 1 amide bonds. The molecule has 0 aromatic heterocycles. The number of carbonyl (C=O) groups excluding carboxylic acids is 2. The zero-order valence-electron chi connectivity index (χ0n) is 16.7. The normalized spacial score (nSPS) is 14.6. The topological polar surface area (TPSA) is 111 Å². The van der Waals surface area contributed by atoms with E-state index >= 15 is 0 Å². The molecular weight excluding hydrogens is 448 g/mol. The third-order valence-corrected chi connectivity index (χ3v) is 6.83. The second-order valence-corrected chi connectivity index (χ2v) is 8.83. The molecule has 0 bridgehead atoms. The second-order valence-electron chi connectivity index (χ2n) is 6.51. The average Bonchev–Trinajstić information content (AvgIpc) is 2.79. The largest absolute Gasteiger partial charge is 0.484 e. The summed E-state index contributed by atoms with van der Waals surface area (Å²) in [5.74, 6) is -0.585. The van der Waals surface area contributed by atoms with E-state index in [2.05, 4.69) is 10.1 Å². The monoisotopic (exact) mass is 468 g/mol. The molecule has 2 aromatic carbocycles. The van der Waals surface area contributed by atoms with Crippen LogP contribution in [-0.4, -0.2) is 64.6 Å². The maximum absolute atomic E-state index is 12.9. The van der Waals surface area contributed by atoms with Gasteiger partial charge in [0, 0.05) is 18.8 Å². The van der Waals surface area contributed by atoms with Crippen LogP contribution >= 0.6 is 11.6 Å². The maximum Gasteiger partial charge on any atom is 0.337 e. The van der Waals surface area contributed by atoms with E-state index in [-0.39, 0.29) is 35.3 Å². The Kier molecular flexibility index (Phi) is 7.50. The standard InChI is InChI=1S/C20H21ClN2O7S/c1-28-20(25)14-2-5-16(6-3-14)30-13-19(24)22-15-4-7-17(21)18(12-15)31(26,27)23-8-10-29-11-9-23/h2-7,12H,8-11,13H2,1H3,(H,22,24). The first-order valence-corrected chi connectivity index (χ1v) is 11.1. The maximum atomic E-state index is 12.9. The molecule has 0 unspecified atom stereocenters. The minimum absolute atomic E-state index is 0.0615. The number of esters is 1. The van der Waals surface area contributed by atoms with Crippen molar-refractivity contribution in [3.63, 3.8) is 0 Å². The quantitative estimate of drug-likeness (QED) is 0.620. The third-order valence-electron chi connectivity index (χ3n) is 4.45. The van der Waals surface area contributed by atoms with Gasteiger partial charge < -0.3 is 19.5 Å². The summed E-state index contributed by atoms with van der Waals surface area (Å²) >= 11 is 6.12. The molecule has 11 heteroatoms. The highest BCUT2D eigenvalue weighted by Gasteiger charge is 2.28. The minimum atomic E-state index is -3.82. The SMILES string of the molecule is COC(=O)c1ccc(OCC(=O)Nc2ccc(Cl)c(S(=O)(=O)N3CCOCC3)c2)cc1. The van der Waals surface area contributed by atoms with Crippen molar-refractivity contribution in [3.05, 3.63) is 53.1 Å². The number of rotatable bonds is 7. The van der Waals surface area contributed by atoms with Gasteiger partial charge in [-0.3, -0.25) is 4.79 Å². The molecule has 0 spiro atoms. The van der Waals surface area contributed by atoms with Crippen LogP contribution < -0.4 is 10.1 Å². The highest BCUT2D eigenvalue weighted by atomic mass is 35.5. The van der Waals surface area contributed by atoms with Gasteiger partial charge in [0.1, 0.15) is 10.6 Å². The van der Waals surface area contributed by atoms with Crippen molar-refractivity contribution in [1.82, 2.24) is 4.31 Å². The van der Waals surface area contributed by atoms with Crippen LogP contribution in [0.15, 0.2) is 47.4 Å². The number of hydrogen-bond donors (Lipinski definition) is 1. The molecule has 0 aliphatic carbocycles. The van der Waals surface area contributed by atoms with Crippen LogP contribution in [0.25, 0.3) is 0 Å². The molecule has 1 saturated heterocycles. The highest BCUT2D eigenvalue weighted by Crippen LogP contribution is 2.28. The Morgan fingerprint density at radius 2 is 1.81 bits per heavy atom. The molecule has 166 valence electrons. The van der Waals surface area contributed by atoms with Crippen LogP contribution in [-0.2, 0) is 24.3 Å². The smallest absolute Gasteiger partial charge is 0.337 e. The number of hydrogen-bond acceptors (Lipinski definition) is 7. The van der Waals surface area contributed by atoms with Gasteiger partial charge in [0.05, 0.1) is 30.9 Å². The summed E-state index contributed by atoms with van der Waals surface area (Å²) in [7, 11) is -2.54. The van der Waals surface area contributed by atoms with E-state index in [0.29, 0.717) is 24.5 Å². The van der Waals surface area contributed by atoms with E-state index in [0.717, 1.165) is 0 Å². The van der Waals surface area contributed by atoms with Gasteiger partial charge >= 0.3 is 5.97 Å². The lowest BCUT2D eigenvalue weighted by atomic mass is 10.2. The number of ether oxygens (including phenoxy) is 3. The van der Waals surface area contributed by atoms with Gasteiger partial charge in [-0.25, -0.2) is 13.2 Å². The number of carbonyl (C=O) groups is 2. The molecule has 3 rings (SSSR count). The molecule has 0 atom stereocenters. The van der Waals surface area contributed by atoms with Crippen LogP contribution in [0.1, 0.15) is 10.4 Å². The Hall–Kier alpha value is -2.66. The van der Waals surface area contributed by atoms with Crippen LogP contribution in [0.5, 0.6) is 5.75 Å². The summed E-state index contributed by atoms with van der Waals surface area (Å²) in [6.45, 7) is 0.776. The lowest BCUT2D eigenvalue weighted by molar-refractivity contribution is -0.118. The van der Waals surface area contributed by atoms with Gasteiger partial charge in [-0.05, 0) is 42.5 Å². The number of morpholine rings is 1. The number of benzene rings is 2. The average molecular weight is 469 g/mol. The van der Waals surface area contributed by atoms with Crippen molar-refractivity contribution in [2.24, 2.45) is 0 Å². The first-order valence-electron chi connectivity index (χ1n) is 9.30. The van der Waals surface area contributed by atoms with Crippen LogP contribution in [0, 0.1) is 0 Å². The first-order chi connectivity index (χ1) is 14.8. The fourth-order valence-electron chi connectivity index (χ4n) is 2.86. The fourth-order valence-corrected chi connectivity index (χ4v) is 4.76. The lowest BCUT2D eigenvalue weighted by Crippen LogP contribution is -2.40. The van der Waals surface area contributed by atoms with Crippen molar-refractivity contribution in [1.29, 1.82) is 0 Å². The van der Waals surface area contributed by atoms with Crippen LogP contribution in [0.4, 0.5) is 5.69 Å². The molecule has 1 N–H and O–H groups in total. The predicted octanol–water partition coefficient (Wildman–Crippen LogP) is 2.17. The first kappa shape index (κ1) is 23.0. The van der Waals surface area contributed by atoms with E-state index in [1.165, 1.54) is 53.9 Å². The minimum Gasteiger partial charge on any atom is -0.484 e. The van der Waals surface area contributed by atoms with E-state index in [4.69, 9.17) is 21.1 Å². The van der Waals surface area contributed by atoms with E-state index in [1.807, 2.05) is 0 Å². The summed E-state index contributed by atoms with van der Waals surface area (Å²) in [5, 5.41) is 2.65. The summed E-state index contributed by atoms with van der Waals surface area (Å²) in [6, 6.07) is 10.3. The zero-order valence-corrected chi connectivity index (χ0v) is 18.2. The van der Waals surface area contributed by atoms with Gasteiger partial charge in [-0.15, -0.1) is 0 Å². The second kappa shape index (κ2) is 10.1. The van der Waals surface area contributed by atoms with Crippen molar-refractivity contribution in [2.45, 2.75) is 4.90 Å². The summed E-state index contributed by atoms with van der Waals surface area (Å²) < 4.78 is 42.2. The molecule has 1 aliphatic rings. The number of amides is 1. The zero-order chi connectivity index (χ0) is 22.4. The van der Waals surface area contributed by atoms with E-state index < -0.39 is 21.9 Å². The molecule has 1 heterocycles. The number of methoxy groups -OCH3 is 1. The Morgan fingerprint density at radius 3 is 2.45 bits per heavy atom. The van der Waals surface area contributed by atoms with Gasteiger partial charge in [0.25, 0.3) is 5.91 Å². The van der Waals surface area contributed by atoms with Crippen LogP contribution in [0.2, 0.25) is 5.02 Å². The van der Waals surface area contributed by atoms with E-state index in [9.17, 15) is 18.0 Å². The van der Waals surface area contributed by atoms with Gasteiger partial charge in [-0.1, -0.05) is 11.6 Å². The molecule has 1 aliphatic heterocycles. The van der Waals surface area contributed by atoms with Crippen molar-refractivity contribution < 1.29 is 32.2 Å². The third kappa shape index (κ3) is 5.73. The van der Waals surface area contributed by atoms with E-state index in [1.54, 1.807) is 0 Å². The fraction of sp³-hybridized carbons (Fsp3) is 0.300. The molecular formula is C20H21ClN2O7S. The predicted molar refractivity (Wildman–Crippen MR) is 113 cm³/mol. The number of sulfonamides is 1. The Balaban J connectivity index is 1.64. The van der Waals surface area contributed by atoms with Crippen molar-refractivity contribution >= 4 is 39.2 Å². The van der Waals surface area contributed by atoms with Gasteiger partial charge in [-0.2, -0.15) is 4.31 Å². The Bertz CT molecular complexity index is 1050. The Morgan fingerprint density at radius 1 is 1.13 bits per heavy atom. The highest BCUT2D eigenvalue weighted by molar-refractivity contribution is 7.89. The van der Waals surface area contributed by atoms with Crippen molar-refractivity contribution in [3.8, 4) is 5.75 Å². The Labute approximate surface area is 184 Å². The molecule has 9 nitrogen and oxygen atoms in total. The number of anilines is 1. The van der Waals surface area contributed by atoms with Gasteiger partial charge in [0.2, 0.25) is 10.0 Å². The summed E-state index contributed by atoms with van der Waals surface area (Å²) in [6.07, 6.45) is 0. The summed E-state index contributed by atoms with van der Waals surface area (Å²) in [4.78, 5) is 23.6. The van der Waals surface area contributed by atoms with Crippen LogP contribution in [0.3, 0.4) is 0 Å². The molecule has 1 fully saturated rings. The molecule has 31 heavy (non-hydrogen) atoms. The number of nitrogens with zero attached hydrogens (tertiary/aromatic N) is 1.